The van der Waals surface area contributed by atoms with E-state index in [-0.39, 0.29) is 25.1 Å². The number of benzene rings is 2. The number of ether oxygens (including phenoxy) is 1. The number of aryl methyl sites for hydroxylation is 4. The van der Waals surface area contributed by atoms with Crippen molar-refractivity contribution in [2.75, 3.05) is 19.8 Å². The van der Waals surface area contributed by atoms with Crippen LogP contribution in [-0.2, 0) is 35.2 Å². The number of hydrogen-bond donors (Lipinski definition) is 2. The van der Waals surface area contributed by atoms with E-state index in [2.05, 4.69) is 56.8 Å². The third-order valence-electron chi connectivity index (χ3n) is 8.89. The molecule has 1 aliphatic carbocycles. The molecule has 2 aromatic rings. The van der Waals surface area contributed by atoms with Crippen LogP contribution in [0.1, 0.15) is 94.4 Å². The fraction of sp³-hybridized carbons (Fsp3) is 0.583. The SMILES string of the molecule is C=C(C)C(=O)OCCCC1CCC(CCc2ccc(-c3ccc(CCC(CO)CO)cc3CC)c(CC)c2)CC1. The second kappa shape index (κ2) is 16.7. The minimum atomic E-state index is -0.269. The topological polar surface area (TPSA) is 66.8 Å². The molecular formula is C36H52O4. The van der Waals surface area contributed by atoms with Gasteiger partial charge in [-0.3, -0.25) is 0 Å². The number of carbonyl (C=O) groups excluding carboxylic acids is 1. The van der Waals surface area contributed by atoms with E-state index in [1.165, 1.54) is 65.5 Å². The van der Waals surface area contributed by atoms with Gasteiger partial charge in [-0.2, -0.15) is 0 Å². The predicted molar refractivity (Wildman–Crippen MR) is 165 cm³/mol. The molecule has 1 saturated carbocycles. The summed E-state index contributed by atoms with van der Waals surface area (Å²) in [5.41, 5.74) is 8.70. The van der Waals surface area contributed by atoms with Gasteiger partial charge >= 0.3 is 5.97 Å². The lowest BCUT2D eigenvalue weighted by Crippen LogP contribution is -2.16. The number of rotatable bonds is 16. The zero-order chi connectivity index (χ0) is 28.9. The molecule has 0 saturated heterocycles. The molecule has 4 heteroatoms. The summed E-state index contributed by atoms with van der Waals surface area (Å²) >= 11 is 0. The lowest BCUT2D eigenvalue weighted by atomic mass is 9.78. The van der Waals surface area contributed by atoms with Crippen LogP contribution >= 0.6 is 0 Å². The van der Waals surface area contributed by atoms with Gasteiger partial charge < -0.3 is 14.9 Å². The van der Waals surface area contributed by atoms with Crippen LogP contribution in [0.3, 0.4) is 0 Å². The first-order chi connectivity index (χ1) is 19.4. The van der Waals surface area contributed by atoms with Gasteiger partial charge in [-0.1, -0.05) is 82.5 Å². The minimum absolute atomic E-state index is 0.0379. The van der Waals surface area contributed by atoms with Crippen molar-refractivity contribution in [2.24, 2.45) is 17.8 Å². The van der Waals surface area contributed by atoms with Crippen LogP contribution in [0.5, 0.6) is 0 Å². The highest BCUT2D eigenvalue weighted by Gasteiger charge is 2.21. The largest absolute Gasteiger partial charge is 0.462 e. The van der Waals surface area contributed by atoms with Gasteiger partial charge in [0.1, 0.15) is 0 Å². The molecule has 0 radical (unpaired) electrons. The van der Waals surface area contributed by atoms with Crippen molar-refractivity contribution >= 4 is 5.97 Å². The molecular weight excluding hydrogens is 496 g/mol. The lowest BCUT2D eigenvalue weighted by molar-refractivity contribution is -0.139. The second-order valence-corrected chi connectivity index (χ2v) is 11.9. The summed E-state index contributed by atoms with van der Waals surface area (Å²) in [4.78, 5) is 11.5. The summed E-state index contributed by atoms with van der Waals surface area (Å²) in [6.07, 6.45) is 13.5. The van der Waals surface area contributed by atoms with Crippen LogP contribution in [0.25, 0.3) is 11.1 Å². The Morgan fingerprint density at radius 2 is 1.40 bits per heavy atom. The maximum absolute atomic E-state index is 11.5. The average Bonchev–Trinajstić information content (AvgIpc) is 2.98. The van der Waals surface area contributed by atoms with Gasteiger partial charge in [0.2, 0.25) is 0 Å². The summed E-state index contributed by atoms with van der Waals surface area (Å²) in [6.45, 7) is 10.4. The maximum atomic E-state index is 11.5. The van der Waals surface area contributed by atoms with Gasteiger partial charge in [0, 0.05) is 24.7 Å². The van der Waals surface area contributed by atoms with Crippen molar-refractivity contribution < 1.29 is 19.7 Å². The Balaban J connectivity index is 1.52. The molecule has 40 heavy (non-hydrogen) atoms. The Bertz CT molecular complexity index is 1080. The zero-order valence-corrected chi connectivity index (χ0v) is 25.2. The molecule has 2 aromatic carbocycles. The second-order valence-electron chi connectivity index (χ2n) is 11.9. The summed E-state index contributed by atoms with van der Waals surface area (Å²) in [6, 6.07) is 13.9. The molecule has 2 N–H and O–H groups in total. The van der Waals surface area contributed by atoms with Crippen molar-refractivity contribution in [2.45, 2.75) is 97.8 Å². The summed E-state index contributed by atoms with van der Waals surface area (Å²) in [7, 11) is 0. The van der Waals surface area contributed by atoms with Gasteiger partial charge in [0.15, 0.2) is 0 Å². The van der Waals surface area contributed by atoms with Crippen LogP contribution < -0.4 is 0 Å². The van der Waals surface area contributed by atoms with Crippen LogP contribution in [-0.4, -0.2) is 36.0 Å². The zero-order valence-electron chi connectivity index (χ0n) is 25.2. The molecule has 0 atom stereocenters. The van der Waals surface area contributed by atoms with E-state index < -0.39 is 0 Å². The lowest BCUT2D eigenvalue weighted by Gasteiger charge is -2.28. The highest BCUT2D eigenvalue weighted by Crippen LogP contribution is 2.35. The molecule has 1 fully saturated rings. The first kappa shape index (κ1) is 32.1. The fourth-order valence-electron chi connectivity index (χ4n) is 6.17. The molecule has 0 amide bonds. The van der Waals surface area contributed by atoms with Crippen LogP contribution in [0.2, 0.25) is 0 Å². The molecule has 3 rings (SSSR count). The minimum Gasteiger partial charge on any atom is -0.462 e. The van der Waals surface area contributed by atoms with Crippen molar-refractivity contribution in [1.29, 1.82) is 0 Å². The standard InChI is InChI=1S/C36H52O4/c1-5-32-22-29(14-13-28-11-9-27(10-12-28)8-7-21-40-36(39)26(3)4)17-19-34(32)35-20-18-30(23-33(35)6-2)15-16-31(24-37)25-38/h17-20,22-23,27-28,31,37-38H,3,5-16,21,24-25H2,1-2,4H3. The molecule has 0 aliphatic heterocycles. The summed E-state index contributed by atoms with van der Waals surface area (Å²) < 4.78 is 5.25. The number of aliphatic hydroxyl groups excluding tert-OH is 2. The van der Waals surface area contributed by atoms with E-state index in [0.29, 0.717) is 12.2 Å². The van der Waals surface area contributed by atoms with Gasteiger partial charge in [-0.05, 0) is 104 Å². The molecule has 0 unspecified atom stereocenters. The number of hydrogen-bond acceptors (Lipinski definition) is 4. The van der Waals surface area contributed by atoms with Gasteiger partial charge in [0.05, 0.1) is 6.61 Å². The van der Waals surface area contributed by atoms with Crippen molar-refractivity contribution in [3.63, 3.8) is 0 Å². The summed E-state index contributed by atoms with van der Waals surface area (Å²) in [5, 5.41) is 18.8. The first-order valence-corrected chi connectivity index (χ1v) is 15.7. The average molecular weight is 549 g/mol. The highest BCUT2D eigenvalue weighted by molar-refractivity contribution is 5.86. The Morgan fingerprint density at radius 3 is 1.90 bits per heavy atom. The quantitative estimate of drug-likeness (QED) is 0.128. The van der Waals surface area contributed by atoms with E-state index in [1.807, 2.05) is 0 Å². The molecule has 220 valence electrons. The van der Waals surface area contributed by atoms with Crippen molar-refractivity contribution in [3.05, 3.63) is 70.8 Å². The van der Waals surface area contributed by atoms with Crippen LogP contribution in [0.4, 0.5) is 0 Å². The third-order valence-corrected chi connectivity index (χ3v) is 8.89. The number of esters is 1. The number of aliphatic hydroxyl groups is 2. The van der Waals surface area contributed by atoms with E-state index in [4.69, 9.17) is 4.74 Å². The predicted octanol–water partition coefficient (Wildman–Crippen LogP) is 7.65. The van der Waals surface area contributed by atoms with Gasteiger partial charge in [0.25, 0.3) is 0 Å². The Labute approximate surface area is 242 Å². The van der Waals surface area contributed by atoms with Gasteiger partial charge in [-0.15, -0.1) is 0 Å². The molecule has 0 aromatic heterocycles. The van der Waals surface area contributed by atoms with Crippen molar-refractivity contribution in [3.8, 4) is 11.1 Å². The smallest absolute Gasteiger partial charge is 0.333 e. The molecule has 0 spiro atoms. The third kappa shape index (κ3) is 9.59. The highest BCUT2D eigenvalue weighted by atomic mass is 16.5. The van der Waals surface area contributed by atoms with Crippen LogP contribution in [0, 0.1) is 17.8 Å². The van der Waals surface area contributed by atoms with Crippen molar-refractivity contribution in [1.82, 2.24) is 0 Å². The molecule has 0 bridgehead atoms. The van der Waals surface area contributed by atoms with E-state index in [1.54, 1.807) is 6.92 Å². The van der Waals surface area contributed by atoms with Gasteiger partial charge in [-0.25, -0.2) is 4.79 Å². The molecule has 4 nitrogen and oxygen atoms in total. The normalized spacial score (nSPS) is 17.2. The Kier molecular flexibility index (Phi) is 13.4. The Morgan fingerprint density at radius 1 is 0.875 bits per heavy atom. The van der Waals surface area contributed by atoms with E-state index >= 15 is 0 Å². The first-order valence-electron chi connectivity index (χ1n) is 15.7. The van der Waals surface area contributed by atoms with E-state index in [9.17, 15) is 15.0 Å². The molecule has 0 heterocycles. The fourth-order valence-corrected chi connectivity index (χ4v) is 6.17. The monoisotopic (exact) mass is 548 g/mol. The Hall–Kier alpha value is -2.43. The molecule has 1 aliphatic rings. The van der Waals surface area contributed by atoms with E-state index in [0.717, 1.165) is 56.8 Å². The maximum Gasteiger partial charge on any atom is 0.333 e. The van der Waals surface area contributed by atoms with Crippen LogP contribution in [0.15, 0.2) is 48.6 Å². The summed E-state index contributed by atoms with van der Waals surface area (Å²) in [5.74, 6) is 1.28. The number of carbonyl (C=O) groups is 1.